The number of oxime groups is 1. The van der Waals surface area contributed by atoms with E-state index in [9.17, 15) is 0 Å². The van der Waals surface area contributed by atoms with E-state index in [1.807, 2.05) is 26.8 Å². The zero-order valence-corrected chi connectivity index (χ0v) is 14.4. The van der Waals surface area contributed by atoms with E-state index in [4.69, 9.17) is 10.6 Å². The molecule has 0 saturated carbocycles. The van der Waals surface area contributed by atoms with Gasteiger partial charge in [-0.2, -0.15) is 0 Å². The smallest absolute Gasteiger partial charge is 0.130 e. The van der Waals surface area contributed by atoms with Crippen molar-refractivity contribution in [3.8, 4) is 0 Å². The standard InChI is InChI=1S/C16H26N6O/c1-6-22-23-11(2)7-15-12(3)16(21-10-20-15)19-9-14(8-18-5)13(4)17/h6-8,10,15,19H,9,17H2,1-5H3,(H,20,21)/b11-7+,14-13?,18-8?,22-6+. The Morgan fingerprint density at radius 3 is 2.87 bits per heavy atom. The molecule has 23 heavy (non-hydrogen) atoms. The van der Waals surface area contributed by atoms with Crippen LogP contribution in [0.5, 0.6) is 0 Å². The van der Waals surface area contributed by atoms with E-state index in [0.29, 0.717) is 12.3 Å². The molecule has 1 unspecified atom stereocenters. The van der Waals surface area contributed by atoms with E-state index in [2.05, 4.69) is 25.8 Å². The van der Waals surface area contributed by atoms with Gasteiger partial charge in [-0.05, 0) is 39.3 Å². The van der Waals surface area contributed by atoms with Crippen LogP contribution in [-0.2, 0) is 4.84 Å². The number of allylic oxidation sites excluding steroid dienone is 2. The summed E-state index contributed by atoms with van der Waals surface area (Å²) in [5.74, 6) is 1.52. The Balaban J connectivity index is 2.83. The van der Waals surface area contributed by atoms with Gasteiger partial charge in [0, 0.05) is 37.3 Å². The van der Waals surface area contributed by atoms with Crippen LogP contribution in [0.15, 0.2) is 49.6 Å². The van der Waals surface area contributed by atoms with Gasteiger partial charge in [0.2, 0.25) is 0 Å². The number of hydrogen-bond donors (Lipinski definition) is 3. The summed E-state index contributed by atoms with van der Waals surface area (Å²) in [7, 11) is 1.72. The normalized spacial score (nSPS) is 20.0. The van der Waals surface area contributed by atoms with Crippen LogP contribution in [0.2, 0.25) is 0 Å². The minimum Gasteiger partial charge on any atom is -0.402 e. The van der Waals surface area contributed by atoms with Gasteiger partial charge in [0.25, 0.3) is 0 Å². The molecule has 1 rings (SSSR count). The largest absolute Gasteiger partial charge is 0.402 e. The highest BCUT2D eigenvalue weighted by Crippen LogP contribution is 2.14. The van der Waals surface area contributed by atoms with Crippen molar-refractivity contribution in [2.75, 3.05) is 13.6 Å². The molecule has 7 heteroatoms. The highest BCUT2D eigenvalue weighted by molar-refractivity contribution is 5.79. The molecule has 1 aliphatic rings. The Kier molecular flexibility index (Phi) is 7.59. The maximum atomic E-state index is 5.85. The van der Waals surface area contributed by atoms with Gasteiger partial charge in [-0.3, -0.25) is 4.99 Å². The number of hydrogen-bond acceptors (Lipinski definition) is 7. The molecular weight excluding hydrogens is 292 g/mol. The van der Waals surface area contributed by atoms with Crippen LogP contribution in [0.3, 0.4) is 0 Å². The van der Waals surface area contributed by atoms with E-state index in [0.717, 1.165) is 22.7 Å². The van der Waals surface area contributed by atoms with Crippen molar-refractivity contribution in [2.24, 2.45) is 20.9 Å². The molecule has 0 radical (unpaired) electrons. The summed E-state index contributed by atoms with van der Waals surface area (Å²) in [6.45, 7) is 8.09. The van der Waals surface area contributed by atoms with Crippen LogP contribution in [-0.4, -0.2) is 38.4 Å². The second-order valence-electron chi connectivity index (χ2n) is 5.12. The molecule has 0 fully saturated rings. The predicted molar refractivity (Wildman–Crippen MR) is 96.4 cm³/mol. The maximum Gasteiger partial charge on any atom is 0.130 e. The van der Waals surface area contributed by atoms with E-state index < -0.39 is 0 Å². The Morgan fingerprint density at radius 1 is 1.52 bits per heavy atom. The van der Waals surface area contributed by atoms with Crippen LogP contribution in [0.4, 0.5) is 0 Å². The third kappa shape index (κ3) is 5.98. The molecule has 0 amide bonds. The van der Waals surface area contributed by atoms with Crippen molar-refractivity contribution in [1.82, 2.24) is 10.6 Å². The molecule has 0 saturated heterocycles. The molecule has 1 atom stereocenters. The second-order valence-corrected chi connectivity index (χ2v) is 5.12. The third-order valence-corrected chi connectivity index (χ3v) is 3.23. The Morgan fingerprint density at radius 2 is 2.26 bits per heavy atom. The summed E-state index contributed by atoms with van der Waals surface area (Å²) in [4.78, 5) is 13.6. The quantitative estimate of drug-likeness (QED) is 0.378. The lowest BCUT2D eigenvalue weighted by molar-refractivity contribution is 0.229. The summed E-state index contributed by atoms with van der Waals surface area (Å²) >= 11 is 0. The summed E-state index contributed by atoms with van der Waals surface area (Å²) in [6.07, 6.45) is 6.97. The molecule has 0 spiro atoms. The Bertz CT molecular complexity index is 579. The van der Waals surface area contributed by atoms with Gasteiger partial charge in [0.15, 0.2) is 0 Å². The molecule has 0 aromatic heterocycles. The topological polar surface area (TPSA) is 96.4 Å². The van der Waals surface area contributed by atoms with Gasteiger partial charge in [-0.15, -0.1) is 0 Å². The monoisotopic (exact) mass is 318 g/mol. The first-order valence-corrected chi connectivity index (χ1v) is 7.43. The van der Waals surface area contributed by atoms with E-state index in [1.54, 1.807) is 32.7 Å². The number of nitrogens with one attached hydrogen (secondary N) is 2. The number of aliphatic imine (C=N–C) groups is 2. The Labute approximate surface area is 137 Å². The molecule has 0 aromatic carbocycles. The maximum absolute atomic E-state index is 5.85. The number of nitrogens with zero attached hydrogens (tertiary/aromatic N) is 3. The van der Waals surface area contributed by atoms with Gasteiger partial charge < -0.3 is 21.2 Å². The van der Waals surface area contributed by atoms with Gasteiger partial charge in [0.05, 0.1) is 12.4 Å². The molecule has 0 bridgehead atoms. The molecule has 126 valence electrons. The minimum absolute atomic E-state index is 0.00620. The second kappa shape index (κ2) is 9.45. The number of rotatable bonds is 7. The van der Waals surface area contributed by atoms with Crippen LogP contribution < -0.4 is 16.4 Å². The average Bonchev–Trinajstić information content (AvgIpc) is 2.52. The predicted octanol–water partition coefficient (Wildman–Crippen LogP) is 1.67. The lowest BCUT2D eigenvalue weighted by atomic mass is 10.1. The SMILES string of the molecule is C/C=N/O/C(C)=C/C1NC=NC(NCC(C=NC)=C(C)N)=C1C. The zero-order chi connectivity index (χ0) is 17.2. The molecule has 0 aromatic rings. The van der Waals surface area contributed by atoms with Gasteiger partial charge in [-0.1, -0.05) is 5.16 Å². The van der Waals surface area contributed by atoms with Crippen molar-refractivity contribution in [2.45, 2.75) is 33.7 Å². The number of nitrogens with two attached hydrogens (primary N) is 1. The van der Waals surface area contributed by atoms with E-state index >= 15 is 0 Å². The van der Waals surface area contributed by atoms with Crippen molar-refractivity contribution < 1.29 is 4.84 Å². The lowest BCUT2D eigenvalue weighted by Crippen LogP contribution is -2.34. The van der Waals surface area contributed by atoms with E-state index in [1.165, 1.54) is 0 Å². The van der Waals surface area contributed by atoms with E-state index in [-0.39, 0.29) is 6.04 Å². The van der Waals surface area contributed by atoms with Crippen molar-refractivity contribution in [3.63, 3.8) is 0 Å². The van der Waals surface area contributed by atoms with Crippen molar-refractivity contribution in [1.29, 1.82) is 0 Å². The molecule has 0 aliphatic carbocycles. The minimum atomic E-state index is -0.00620. The lowest BCUT2D eigenvalue weighted by Gasteiger charge is -2.22. The molecular formula is C16H26N6O. The third-order valence-electron chi connectivity index (χ3n) is 3.23. The Hall–Kier alpha value is -2.57. The highest BCUT2D eigenvalue weighted by Gasteiger charge is 2.16. The van der Waals surface area contributed by atoms with Crippen LogP contribution in [0.1, 0.15) is 27.7 Å². The highest BCUT2D eigenvalue weighted by atomic mass is 16.6. The first kappa shape index (κ1) is 18.5. The zero-order valence-electron chi connectivity index (χ0n) is 14.4. The molecule has 4 N–H and O–H groups in total. The van der Waals surface area contributed by atoms with Gasteiger partial charge >= 0.3 is 0 Å². The fourth-order valence-electron chi connectivity index (χ4n) is 1.94. The van der Waals surface area contributed by atoms with Gasteiger partial charge in [0.1, 0.15) is 11.6 Å². The first-order chi connectivity index (χ1) is 11.0. The molecule has 1 heterocycles. The first-order valence-electron chi connectivity index (χ1n) is 7.43. The average molecular weight is 318 g/mol. The van der Waals surface area contributed by atoms with Crippen molar-refractivity contribution in [3.05, 3.63) is 34.5 Å². The summed E-state index contributed by atoms with van der Waals surface area (Å²) < 4.78 is 0. The van der Waals surface area contributed by atoms with Crippen LogP contribution >= 0.6 is 0 Å². The van der Waals surface area contributed by atoms with Crippen LogP contribution in [0.25, 0.3) is 0 Å². The molecule has 1 aliphatic heterocycles. The summed E-state index contributed by atoms with van der Waals surface area (Å²) in [6, 6.07) is -0.00620. The van der Waals surface area contributed by atoms with Gasteiger partial charge in [-0.25, -0.2) is 4.99 Å². The van der Waals surface area contributed by atoms with Crippen LogP contribution in [0, 0.1) is 0 Å². The fraction of sp³-hybridized carbons (Fsp3) is 0.438. The fourth-order valence-corrected chi connectivity index (χ4v) is 1.94. The summed E-state index contributed by atoms with van der Waals surface area (Å²) in [5.41, 5.74) is 8.58. The molecule has 7 nitrogen and oxygen atoms in total. The summed E-state index contributed by atoms with van der Waals surface area (Å²) in [5, 5.41) is 10.2. The van der Waals surface area contributed by atoms with Crippen molar-refractivity contribution >= 4 is 18.8 Å².